The second-order valence-corrected chi connectivity index (χ2v) is 13.5. The number of rotatable bonds is 12. The zero-order valence-corrected chi connectivity index (χ0v) is 30.5. The van der Waals surface area contributed by atoms with Gasteiger partial charge in [0.1, 0.15) is 18.8 Å². The van der Waals surface area contributed by atoms with Crippen LogP contribution in [0.3, 0.4) is 0 Å². The van der Waals surface area contributed by atoms with Gasteiger partial charge in [-0.1, -0.05) is 72.8 Å². The maximum Gasteiger partial charge on any atom is 0.338 e. The van der Waals surface area contributed by atoms with Gasteiger partial charge in [-0.3, -0.25) is 9.36 Å². The Kier molecular flexibility index (Phi) is 10.9. The number of ether oxygens (including phenoxy) is 5. The van der Waals surface area contributed by atoms with Gasteiger partial charge in [0.25, 0.3) is 5.91 Å². The molecule has 0 spiro atoms. The normalized spacial score (nSPS) is 19.2. The van der Waals surface area contributed by atoms with Gasteiger partial charge in [-0.15, -0.1) is 0 Å². The first kappa shape index (κ1) is 37.0. The van der Waals surface area contributed by atoms with Crippen molar-refractivity contribution in [2.45, 2.75) is 56.3 Å². The Morgan fingerprint density at radius 3 is 1.77 bits per heavy atom. The quantitative estimate of drug-likeness (QED) is 0.105. The number of hydrogen-bond donors (Lipinski definition) is 1. The number of carbonyl (C=O) groups excluding carboxylic acids is 4. The maximum atomic E-state index is 13.8. The summed E-state index contributed by atoms with van der Waals surface area (Å²) in [4.78, 5) is 67.9. The van der Waals surface area contributed by atoms with Crippen LogP contribution >= 0.6 is 0 Å². The fourth-order valence-electron chi connectivity index (χ4n) is 6.83. The Labute approximate surface area is 326 Å². The molecular weight excluding hydrogens is 730 g/mol. The van der Waals surface area contributed by atoms with Crippen molar-refractivity contribution in [3.05, 3.63) is 150 Å². The summed E-state index contributed by atoms with van der Waals surface area (Å²) in [6.45, 7) is -0.383. The van der Waals surface area contributed by atoms with Crippen molar-refractivity contribution in [1.29, 1.82) is 0 Å². The molecule has 1 aliphatic carbocycles. The van der Waals surface area contributed by atoms with Gasteiger partial charge in [-0.05, 0) is 74.2 Å². The Hall–Kier alpha value is -6.93. The largest absolute Gasteiger partial charge is 0.460 e. The molecule has 2 aromatic heterocycles. The average Bonchev–Trinajstić information content (AvgIpc) is 4.01. The Morgan fingerprint density at radius 2 is 1.19 bits per heavy atom. The van der Waals surface area contributed by atoms with Gasteiger partial charge in [0.05, 0.1) is 23.0 Å². The van der Waals surface area contributed by atoms with Crippen LogP contribution in [0.15, 0.2) is 128 Å². The van der Waals surface area contributed by atoms with Crippen molar-refractivity contribution >= 4 is 40.8 Å². The van der Waals surface area contributed by atoms with Crippen molar-refractivity contribution in [3.63, 3.8) is 0 Å². The van der Waals surface area contributed by atoms with Crippen LogP contribution in [0.2, 0.25) is 0 Å². The van der Waals surface area contributed by atoms with Crippen LogP contribution in [0.5, 0.6) is 6.01 Å². The first-order valence-electron chi connectivity index (χ1n) is 18.6. The molecule has 0 unspecified atom stereocenters. The molecular formula is C43H37N5O9. The number of anilines is 1. The molecule has 0 bridgehead atoms. The fourth-order valence-corrected chi connectivity index (χ4v) is 6.83. The van der Waals surface area contributed by atoms with E-state index in [-0.39, 0.29) is 46.8 Å². The Bertz CT molecular complexity index is 2350. The summed E-state index contributed by atoms with van der Waals surface area (Å²) in [6, 6.07) is 33.6. The summed E-state index contributed by atoms with van der Waals surface area (Å²) in [5, 5.41) is 2.85. The summed E-state index contributed by atoms with van der Waals surface area (Å²) in [6.07, 6.45) is -0.148. The van der Waals surface area contributed by atoms with Crippen molar-refractivity contribution in [3.8, 4) is 6.01 Å². The second-order valence-electron chi connectivity index (χ2n) is 13.5. The molecule has 14 heteroatoms. The van der Waals surface area contributed by atoms with E-state index in [0.717, 1.165) is 25.7 Å². The van der Waals surface area contributed by atoms with Crippen LogP contribution in [0, 0.1) is 0 Å². The third kappa shape index (κ3) is 8.36. The number of hydrogen-bond acceptors (Lipinski definition) is 12. The lowest BCUT2D eigenvalue weighted by atomic mass is 10.1. The van der Waals surface area contributed by atoms with E-state index in [2.05, 4.69) is 15.3 Å². The fraction of sp³-hybridized carbons (Fsp3) is 0.233. The van der Waals surface area contributed by atoms with Gasteiger partial charge in [-0.25, -0.2) is 19.4 Å². The van der Waals surface area contributed by atoms with E-state index in [1.54, 1.807) is 121 Å². The predicted molar refractivity (Wildman–Crippen MR) is 205 cm³/mol. The Morgan fingerprint density at radius 1 is 0.667 bits per heavy atom. The predicted octanol–water partition coefficient (Wildman–Crippen LogP) is 6.61. The summed E-state index contributed by atoms with van der Waals surface area (Å²) in [5.74, 6) is -2.44. The number of nitrogens with zero attached hydrogens (tertiary/aromatic N) is 4. The van der Waals surface area contributed by atoms with Crippen LogP contribution in [-0.4, -0.2) is 74.4 Å². The van der Waals surface area contributed by atoms with Gasteiger partial charge in [0.2, 0.25) is 0 Å². The molecule has 14 nitrogen and oxygen atoms in total. The third-order valence-corrected chi connectivity index (χ3v) is 9.70. The molecule has 4 atom stereocenters. The molecule has 8 rings (SSSR count). The van der Waals surface area contributed by atoms with Crippen molar-refractivity contribution < 1.29 is 42.9 Å². The monoisotopic (exact) mass is 767 g/mol. The molecule has 2 aliphatic rings. The smallest absolute Gasteiger partial charge is 0.338 e. The van der Waals surface area contributed by atoms with Crippen LogP contribution in [0.4, 0.5) is 5.82 Å². The molecule has 1 saturated heterocycles. The standard InChI is InChI=1S/C43H37N5O9/c49-38(27-15-5-1-6-16-27)45-36-33-37(47-43(46-36)54-31-23-13-14-24-31)48(26-44-33)39-35(57-42(52)30-21-11-4-12-22-30)34(56-41(51)29-19-9-3-10-20-29)32(55-39)25-53-40(50)28-17-7-2-8-18-28/h1-12,15-22,26,31-32,34-35,39H,13-14,23-25H2,(H,45,46,47,49)/t32-,34-,35-,39-/m1/s1. The minimum Gasteiger partial charge on any atom is -0.460 e. The summed E-state index contributed by atoms with van der Waals surface area (Å²) >= 11 is 0. The zero-order chi connectivity index (χ0) is 39.1. The first-order chi connectivity index (χ1) is 27.9. The molecule has 57 heavy (non-hydrogen) atoms. The van der Waals surface area contributed by atoms with E-state index in [4.69, 9.17) is 28.7 Å². The summed E-state index contributed by atoms with van der Waals surface area (Å²) in [5.41, 5.74) is 1.52. The molecule has 1 N–H and O–H groups in total. The van der Waals surface area contributed by atoms with Crippen molar-refractivity contribution in [2.24, 2.45) is 0 Å². The molecule has 1 amide bonds. The topological polar surface area (TPSA) is 170 Å². The number of imidazole rings is 1. The van der Waals surface area contributed by atoms with Crippen molar-refractivity contribution in [2.75, 3.05) is 11.9 Å². The van der Waals surface area contributed by atoms with E-state index in [0.29, 0.717) is 11.1 Å². The molecule has 1 saturated carbocycles. The first-order valence-corrected chi connectivity index (χ1v) is 18.6. The van der Waals surface area contributed by atoms with Gasteiger partial charge in [0.15, 0.2) is 35.4 Å². The molecule has 1 aliphatic heterocycles. The number of nitrogens with one attached hydrogen (secondary N) is 1. The van der Waals surface area contributed by atoms with E-state index < -0.39 is 48.4 Å². The lowest BCUT2D eigenvalue weighted by molar-refractivity contribution is -0.0606. The number of aromatic nitrogens is 4. The van der Waals surface area contributed by atoms with Gasteiger partial charge in [-0.2, -0.15) is 9.97 Å². The molecule has 6 aromatic rings. The minimum atomic E-state index is -1.33. The van der Waals surface area contributed by atoms with Gasteiger partial charge < -0.3 is 29.0 Å². The minimum absolute atomic E-state index is 0.00395. The van der Waals surface area contributed by atoms with E-state index >= 15 is 0 Å². The van der Waals surface area contributed by atoms with E-state index in [9.17, 15) is 19.2 Å². The maximum absolute atomic E-state index is 13.8. The molecule has 2 fully saturated rings. The number of carbonyl (C=O) groups is 4. The number of amides is 1. The highest BCUT2D eigenvalue weighted by Gasteiger charge is 2.52. The second kappa shape index (κ2) is 16.8. The van der Waals surface area contributed by atoms with E-state index in [1.807, 2.05) is 0 Å². The highest BCUT2D eigenvalue weighted by atomic mass is 16.7. The van der Waals surface area contributed by atoms with Crippen molar-refractivity contribution in [1.82, 2.24) is 19.5 Å². The lowest BCUT2D eigenvalue weighted by Gasteiger charge is -2.25. The zero-order valence-electron chi connectivity index (χ0n) is 30.5. The van der Waals surface area contributed by atoms with Crippen LogP contribution in [0.25, 0.3) is 11.2 Å². The highest BCUT2D eigenvalue weighted by Crippen LogP contribution is 2.38. The van der Waals surface area contributed by atoms with Gasteiger partial charge in [0, 0.05) is 5.56 Å². The third-order valence-electron chi connectivity index (χ3n) is 9.70. The molecule has 3 heterocycles. The Balaban J connectivity index is 1.20. The summed E-state index contributed by atoms with van der Waals surface area (Å²) < 4.78 is 32.3. The number of fused-ring (bicyclic) bond motifs is 1. The van der Waals surface area contributed by atoms with Crippen LogP contribution < -0.4 is 10.1 Å². The van der Waals surface area contributed by atoms with E-state index in [1.165, 1.54) is 10.9 Å². The molecule has 0 radical (unpaired) electrons. The lowest BCUT2D eigenvalue weighted by Crippen LogP contribution is -2.41. The number of benzene rings is 4. The molecule has 4 aromatic carbocycles. The molecule has 288 valence electrons. The van der Waals surface area contributed by atoms with Crippen LogP contribution in [-0.2, 0) is 18.9 Å². The summed E-state index contributed by atoms with van der Waals surface area (Å²) in [7, 11) is 0. The van der Waals surface area contributed by atoms with Gasteiger partial charge >= 0.3 is 23.9 Å². The highest BCUT2D eigenvalue weighted by molar-refractivity contribution is 6.06. The SMILES string of the molecule is O=C(Nc1nc(OC2CCCC2)nc2c1ncn2[C@@H]1O[C@H](COC(=O)c2ccccc2)[C@@H](OC(=O)c2ccccc2)[C@H]1OC(=O)c1ccccc1)c1ccccc1. The van der Waals surface area contributed by atoms with Crippen LogP contribution in [0.1, 0.15) is 73.3 Å². The number of esters is 3. The average molecular weight is 768 g/mol.